The van der Waals surface area contributed by atoms with Gasteiger partial charge in [-0.2, -0.15) is 0 Å². The Balaban J connectivity index is 1.58. The van der Waals surface area contributed by atoms with Crippen molar-refractivity contribution in [1.82, 2.24) is 5.32 Å². The van der Waals surface area contributed by atoms with Gasteiger partial charge in [0.25, 0.3) is 0 Å². The van der Waals surface area contributed by atoms with Crippen molar-refractivity contribution in [3.05, 3.63) is 0 Å². The first-order valence-electron chi connectivity index (χ1n) is 7.82. The summed E-state index contributed by atoms with van der Waals surface area (Å²) >= 11 is 0. The van der Waals surface area contributed by atoms with Gasteiger partial charge in [0.05, 0.1) is 12.2 Å². The fourth-order valence-electron chi connectivity index (χ4n) is 3.09. The topological polar surface area (TPSA) is 58.6 Å². The average Bonchev–Trinajstić information content (AvgIpc) is 2.45. The van der Waals surface area contributed by atoms with Crippen LogP contribution in [0.4, 0.5) is 0 Å². The van der Waals surface area contributed by atoms with E-state index in [0.717, 1.165) is 45.1 Å². The van der Waals surface area contributed by atoms with Crippen molar-refractivity contribution in [2.24, 2.45) is 5.92 Å². The van der Waals surface area contributed by atoms with Crippen molar-refractivity contribution in [2.75, 3.05) is 13.2 Å². The fourth-order valence-corrected chi connectivity index (χ4v) is 3.09. The number of rotatable bonds is 5. The van der Waals surface area contributed by atoms with E-state index in [0.29, 0.717) is 13.0 Å². The molecule has 0 aromatic heterocycles. The molecule has 1 amide bonds. The first-order valence-corrected chi connectivity index (χ1v) is 7.82. The summed E-state index contributed by atoms with van der Waals surface area (Å²) in [5.74, 6) is 0.357. The van der Waals surface area contributed by atoms with E-state index >= 15 is 0 Å². The van der Waals surface area contributed by atoms with Crippen LogP contribution in [0.5, 0.6) is 0 Å². The molecule has 1 saturated heterocycles. The summed E-state index contributed by atoms with van der Waals surface area (Å²) in [6.45, 7) is 1.48. The smallest absolute Gasteiger partial charge is 0.220 e. The van der Waals surface area contributed by atoms with Crippen LogP contribution < -0.4 is 5.32 Å². The Morgan fingerprint density at radius 2 is 1.95 bits per heavy atom. The second-order valence-electron chi connectivity index (χ2n) is 5.94. The van der Waals surface area contributed by atoms with Crippen molar-refractivity contribution >= 4 is 5.91 Å². The number of amides is 1. The van der Waals surface area contributed by atoms with E-state index in [2.05, 4.69) is 5.32 Å². The Hall–Kier alpha value is -0.610. The Labute approximate surface area is 115 Å². The predicted octanol–water partition coefficient (Wildman–Crippen LogP) is 2.00. The largest absolute Gasteiger partial charge is 0.393 e. The van der Waals surface area contributed by atoms with Crippen LogP contribution in [0.15, 0.2) is 0 Å². The molecule has 19 heavy (non-hydrogen) atoms. The SMILES string of the molecule is O=C(CCC1CCCCO1)NCC1CCCCC1O. The summed E-state index contributed by atoms with van der Waals surface area (Å²) in [5.41, 5.74) is 0. The van der Waals surface area contributed by atoms with E-state index < -0.39 is 0 Å². The number of hydrogen-bond acceptors (Lipinski definition) is 3. The second kappa shape index (κ2) is 7.85. The Morgan fingerprint density at radius 1 is 1.16 bits per heavy atom. The summed E-state index contributed by atoms with van der Waals surface area (Å²) < 4.78 is 5.62. The Kier molecular flexibility index (Phi) is 6.11. The lowest BCUT2D eigenvalue weighted by Crippen LogP contribution is -2.37. The van der Waals surface area contributed by atoms with Crippen LogP contribution in [0, 0.1) is 5.92 Å². The maximum atomic E-state index is 11.8. The number of aliphatic hydroxyl groups is 1. The molecule has 2 fully saturated rings. The van der Waals surface area contributed by atoms with E-state index in [1.807, 2.05) is 0 Å². The zero-order valence-electron chi connectivity index (χ0n) is 11.8. The predicted molar refractivity (Wildman–Crippen MR) is 73.8 cm³/mol. The van der Waals surface area contributed by atoms with Gasteiger partial charge in [-0.15, -0.1) is 0 Å². The van der Waals surface area contributed by atoms with Crippen LogP contribution >= 0.6 is 0 Å². The van der Waals surface area contributed by atoms with Crippen molar-refractivity contribution in [3.63, 3.8) is 0 Å². The van der Waals surface area contributed by atoms with Gasteiger partial charge in [-0.05, 0) is 38.5 Å². The van der Waals surface area contributed by atoms with Gasteiger partial charge in [0.15, 0.2) is 0 Å². The number of carbonyl (C=O) groups is 1. The third-order valence-corrected chi connectivity index (χ3v) is 4.40. The monoisotopic (exact) mass is 269 g/mol. The number of hydrogen-bond donors (Lipinski definition) is 2. The van der Waals surface area contributed by atoms with Crippen molar-refractivity contribution in [2.45, 2.75) is 70.0 Å². The third-order valence-electron chi connectivity index (χ3n) is 4.40. The maximum Gasteiger partial charge on any atom is 0.220 e. The zero-order chi connectivity index (χ0) is 13.5. The lowest BCUT2D eigenvalue weighted by atomic mass is 9.86. The van der Waals surface area contributed by atoms with Gasteiger partial charge < -0.3 is 15.2 Å². The molecule has 3 unspecified atom stereocenters. The third kappa shape index (κ3) is 5.11. The highest BCUT2D eigenvalue weighted by molar-refractivity contribution is 5.75. The number of carbonyl (C=O) groups excluding carboxylic acids is 1. The molecule has 1 heterocycles. The van der Waals surface area contributed by atoms with Crippen LogP contribution in [0.1, 0.15) is 57.8 Å². The lowest BCUT2D eigenvalue weighted by Gasteiger charge is -2.27. The molecule has 0 spiro atoms. The zero-order valence-corrected chi connectivity index (χ0v) is 11.8. The number of nitrogens with one attached hydrogen (secondary N) is 1. The highest BCUT2D eigenvalue weighted by atomic mass is 16.5. The fraction of sp³-hybridized carbons (Fsp3) is 0.933. The molecule has 3 atom stereocenters. The second-order valence-corrected chi connectivity index (χ2v) is 5.94. The van der Waals surface area contributed by atoms with Gasteiger partial charge in [-0.1, -0.05) is 12.8 Å². The van der Waals surface area contributed by atoms with Gasteiger partial charge in [0, 0.05) is 25.5 Å². The van der Waals surface area contributed by atoms with Crippen LogP contribution in [-0.4, -0.2) is 36.4 Å². The average molecular weight is 269 g/mol. The molecule has 2 aliphatic rings. The summed E-state index contributed by atoms with van der Waals surface area (Å²) in [6, 6.07) is 0. The van der Waals surface area contributed by atoms with E-state index in [4.69, 9.17) is 4.74 Å². The summed E-state index contributed by atoms with van der Waals surface area (Å²) in [6.07, 6.45) is 9.11. The molecular weight excluding hydrogens is 242 g/mol. The minimum Gasteiger partial charge on any atom is -0.393 e. The summed E-state index contributed by atoms with van der Waals surface area (Å²) in [5, 5.41) is 12.8. The van der Waals surface area contributed by atoms with Gasteiger partial charge in [0.2, 0.25) is 5.91 Å². The molecule has 2 N–H and O–H groups in total. The quantitative estimate of drug-likeness (QED) is 0.802. The number of aliphatic hydroxyl groups excluding tert-OH is 1. The first kappa shape index (κ1) is 14.8. The van der Waals surface area contributed by atoms with Crippen LogP contribution in [0.2, 0.25) is 0 Å². The van der Waals surface area contributed by atoms with Gasteiger partial charge >= 0.3 is 0 Å². The van der Waals surface area contributed by atoms with E-state index in [-0.39, 0.29) is 24.0 Å². The summed E-state index contributed by atoms with van der Waals surface area (Å²) in [4.78, 5) is 11.8. The molecule has 0 aromatic carbocycles. The highest BCUT2D eigenvalue weighted by Gasteiger charge is 2.23. The molecule has 0 radical (unpaired) electrons. The first-order chi connectivity index (χ1) is 9.25. The van der Waals surface area contributed by atoms with Crippen molar-refractivity contribution < 1.29 is 14.6 Å². The molecule has 4 heteroatoms. The van der Waals surface area contributed by atoms with Gasteiger partial charge in [-0.25, -0.2) is 0 Å². The van der Waals surface area contributed by atoms with Crippen molar-refractivity contribution in [1.29, 1.82) is 0 Å². The van der Waals surface area contributed by atoms with Crippen LogP contribution in [-0.2, 0) is 9.53 Å². The van der Waals surface area contributed by atoms with Crippen LogP contribution in [0.3, 0.4) is 0 Å². The molecule has 1 aliphatic carbocycles. The molecule has 0 aromatic rings. The molecule has 4 nitrogen and oxygen atoms in total. The van der Waals surface area contributed by atoms with Gasteiger partial charge in [-0.3, -0.25) is 4.79 Å². The molecule has 2 rings (SSSR count). The molecular formula is C15H27NO3. The minimum absolute atomic E-state index is 0.104. The molecule has 1 saturated carbocycles. The summed E-state index contributed by atoms with van der Waals surface area (Å²) in [7, 11) is 0. The Morgan fingerprint density at radius 3 is 2.68 bits per heavy atom. The van der Waals surface area contributed by atoms with E-state index in [9.17, 15) is 9.90 Å². The highest BCUT2D eigenvalue weighted by Crippen LogP contribution is 2.23. The van der Waals surface area contributed by atoms with Crippen molar-refractivity contribution in [3.8, 4) is 0 Å². The Bertz CT molecular complexity index is 277. The standard InChI is InChI=1S/C15H27NO3/c17-14-7-2-1-5-12(14)11-16-15(18)9-8-13-6-3-4-10-19-13/h12-14,17H,1-11H2,(H,16,18). The lowest BCUT2D eigenvalue weighted by molar-refractivity contribution is -0.122. The number of ether oxygens (including phenoxy) is 1. The van der Waals surface area contributed by atoms with Gasteiger partial charge in [0.1, 0.15) is 0 Å². The normalized spacial score (nSPS) is 31.9. The molecule has 1 aliphatic heterocycles. The molecule has 0 bridgehead atoms. The maximum absolute atomic E-state index is 11.8. The van der Waals surface area contributed by atoms with E-state index in [1.165, 1.54) is 12.8 Å². The minimum atomic E-state index is -0.226. The van der Waals surface area contributed by atoms with E-state index in [1.54, 1.807) is 0 Å². The molecule has 110 valence electrons. The van der Waals surface area contributed by atoms with Crippen LogP contribution in [0.25, 0.3) is 0 Å².